The first-order chi connectivity index (χ1) is 16.6. The van der Waals surface area contributed by atoms with E-state index in [-0.39, 0.29) is 48.0 Å². The Kier molecular flexibility index (Phi) is 11.7. The molecule has 0 radical (unpaired) electrons. The molecule has 0 unspecified atom stereocenters. The van der Waals surface area contributed by atoms with Crippen molar-refractivity contribution in [2.24, 2.45) is 0 Å². The summed E-state index contributed by atoms with van der Waals surface area (Å²) in [4.78, 5) is 0. The minimum Gasteiger partial charge on any atom is -1.00 e. The molecular formula is C30H32I2N4. The van der Waals surface area contributed by atoms with Crippen LogP contribution in [0, 0.1) is 37.5 Å². The van der Waals surface area contributed by atoms with Gasteiger partial charge in [0.05, 0.1) is 22.1 Å². The Morgan fingerprint density at radius 1 is 0.639 bits per heavy atom. The molecule has 6 heteroatoms. The third-order valence-corrected chi connectivity index (χ3v) is 6.20. The molecule has 2 aromatic heterocycles. The van der Waals surface area contributed by atoms with Crippen molar-refractivity contribution in [3.8, 4) is 23.7 Å². The lowest BCUT2D eigenvalue weighted by molar-refractivity contribution is -0.677. The second kappa shape index (κ2) is 14.2. The lowest BCUT2D eigenvalue weighted by Crippen LogP contribution is -3.00. The van der Waals surface area contributed by atoms with Crippen molar-refractivity contribution in [1.82, 2.24) is 0 Å². The fraction of sp³-hybridized carbons (Fsp3) is 0.267. The molecule has 4 nitrogen and oxygen atoms in total. The van der Waals surface area contributed by atoms with Crippen LogP contribution in [0.3, 0.4) is 0 Å². The number of anilines is 2. The molecule has 0 saturated carbocycles. The first-order valence-corrected chi connectivity index (χ1v) is 11.9. The van der Waals surface area contributed by atoms with Gasteiger partial charge in [0, 0.05) is 63.8 Å². The van der Waals surface area contributed by atoms with Gasteiger partial charge in [-0.15, -0.1) is 0 Å². The average molecular weight is 702 g/mol. The highest BCUT2D eigenvalue weighted by Gasteiger charge is 2.15. The van der Waals surface area contributed by atoms with Gasteiger partial charge in [-0.3, -0.25) is 0 Å². The number of halogens is 2. The number of benzene rings is 2. The molecule has 0 aliphatic heterocycles. The summed E-state index contributed by atoms with van der Waals surface area (Å²) in [7, 11) is 0. The number of nitrogens with two attached hydrogens (primary N) is 2. The van der Waals surface area contributed by atoms with Gasteiger partial charge in [0.2, 0.25) is 11.0 Å². The predicted octanol–water partition coefficient (Wildman–Crippen LogP) is -1.38. The van der Waals surface area contributed by atoms with Crippen molar-refractivity contribution in [3.05, 3.63) is 72.1 Å². The van der Waals surface area contributed by atoms with Gasteiger partial charge in [-0.1, -0.05) is 36.1 Å². The fourth-order valence-electron chi connectivity index (χ4n) is 4.51. The van der Waals surface area contributed by atoms with Gasteiger partial charge in [-0.05, 0) is 24.0 Å². The first-order valence-electron chi connectivity index (χ1n) is 11.9. The monoisotopic (exact) mass is 702 g/mol. The highest BCUT2D eigenvalue weighted by Crippen LogP contribution is 2.19. The second-order valence-electron chi connectivity index (χ2n) is 8.63. The van der Waals surface area contributed by atoms with Gasteiger partial charge in [-0.25, -0.2) is 0 Å². The van der Waals surface area contributed by atoms with Crippen LogP contribution >= 0.6 is 0 Å². The summed E-state index contributed by atoms with van der Waals surface area (Å²) in [5, 5.41) is 2.20. The molecule has 4 N–H and O–H groups in total. The third-order valence-electron chi connectivity index (χ3n) is 6.20. The Balaban J connectivity index is 0.00000228. The van der Waals surface area contributed by atoms with Crippen molar-refractivity contribution in [3.63, 3.8) is 0 Å². The van der Waals surface area contributed by atoms with E-state index in [4.69, 9.17) is 11.5 Å². The maximum Gasteiger partial charge on any atom is 0.214 e. The quantitative estimate of drug-likeness (QED) is 0.113. The Bertz CT molecular complexity index is 1360. The largest absolute Gasteiger partial charge is 1.00 e. The summed E-state index contributed by atoms with van der Waals surface area (Å²) >= 11 is 0. The zero-order valence-corrected chi connectivity index (χ0v) is 25.1. The Labute approximate surface area is 248 Å². The number of hydrogen-bond acceptors (Lipinski definition) is 2. The maximum absolute atomic E-state index is 6.18. The van der Waals surface area contributed by atoms with E-state index in [1.165, 1.54) is 22.4 Å². The number of aryl methyl sites for hydroxylation is 4. The van der Waals surface area contributed by atoms with Crippen LogP contribution in [0.15, 0.2) is 60.7 Å². The molecule has 4 aromatic rings. The van der Waals surface area contributed by atoms with Crippen molar-refractivity contribution in [1.29, 1.82) is 0 Å². The van der Waals surface area contributed by atoms with Gasteiger partial charge < -0.3 is 59.4 Å². The number of unbranched alkanes of at least 4 members (excludes halogenated alkanes) is 2. The molecule has 2 aromatic carbocycles. The van der Waals surface area contributed by atoms with Gasteiger partial charge in [-0.2, -0.15) is 9.13 Å². The molecule has 2 heterocycles. The molecular weight excluding hydrogens is 670 g/mol. The van der Waals surface area contributed by atoms with E-state index in [9.17, 15) is 0 Å². The predicted molar refractivity (Wildman–Crippen MR) is 141 cm³/mol. The minimum atomic E-state index is 0. The topological polar surface area (TPSA) is 59.8 Å². The van der Waals surface area contributed by atoms with E-state index in [0.29, 0.717) is 0 Å². The smallest absolute Gasteiger partial charge is 0.214 e. The van der Waals surface area contributed by atoms with E-state index in [1.807, 2.05) is 24.3 Å². The number of fused-ring (bicyclic) bond motifs is 2. The van der Waals surface area contributed by atoms with E-state index in [1.54, 1.807) is 0 Å². The van der Waals surface area contributed by atoms with Crippen LogP contribution in [-0.2, 0) is 13.1 Å². The van der Waals surface area contributed by atoms with E-state index >= 15 is 0 Å². The van der Waals surface area contributed by atoms with E-state index in [0.717, 1.165) is 60.9 Å². The van der Waals surface area contributed by atoms with Crippen LogP contribution in [-0.4, -0.2) is 0 Å². The SMILES string of the molecule is Cc1cc(N)c2ccccc2[n+]1CCCC#CC#CCCC[n+]1c(C)cc(N)c2ccccc21.[I-].[I-]. The molecule has 186 valence electrons. The molecule has 4 rings (SSSR count). The van der Waals surface area contributed by atoms with Crippen molar-refractivity contribution in [2.75, 3.05) is 11.5 Å². The Morgan fingerprint density at radius 3 is 1.44 bits per heavy atom. The lowest BCUT2D eigenvalue weighted by Gasteiger charge is -2.06. The van der Waals surface area contributed by atoms with Gasteiger partial charge in [0.15, 0.2) is 11.4 Å². The summed E-state index contributed by atoms with van der Waals surface area (Å²) in [6.07, 6.45) is 3.61. The average Bonchev–Trinajstić information content (AvgIpc) is 2.83. The zero-order valence-electron chi connectivity index (χ0n) is 20.8. The second-order valence-corrected chi connectivity index (χ2v) is 8.63. The first kappa shape index (κ1) is 29.7. The molecule has 0 aliphatic rings. The normalized spacial score (nSPS) is 9.94. The van der Waals surface area contributed by atoms with Crippen LogP contribution in [0.5, 0.6) is 0 Å². The van der Waals surface area contributed by atoms with Gasteiger partial charge in [0.25, 0.3) is 0 Å². The summed E-state index contributed by atoms with van der Waals surface area (Å²) < 4.78 is 4.64. The van der Waals surface area contributed by atoms with Crippen LogP contribution in [0.4, 0.5) is 11.4 Å². The highest BCUT2D eigenvalue weighted by atomic mass is 127. The minimum absolute atomic E-state index is 0. The van der Waals surface area contributed by atoms with Crippen LogP contribution in [0.2, 0.25) is 0 Å². The number of rotatable bonds is 6. The molecule has 0 amide bonds. The summed E-state index contributed by atoms with van der Waals surface area (Å²) in [6, 6.07) is 20.7. The van der Waals surface area contributed by atoms with Crippen LogP contribution in [0.1, 0.15) is 37.1 Å². The molecule has 0 aliphatic carbocycles. The molecule has 0 fully saturated rings. The van der Waals surface area contributed by atoms with E-state index < -0.39 is 0 Å². The maximum atomic E-state index is 6.18. The number of nitrogens with zero attached hydrogens (tertiary/aromatic N) is 2. The number of hydrogen-bond donors (Lipinski definition) is 2. The van der Waals surface area contributed by atoms with Crippen molar-refractivity contribution < 1.29 is 57.1 Å². The zero-order chi connectivity index (χ0) is 23.9. The lowest BCUT2D eigenvalue weighted by atomic mass is 10.1. The number of pyridine rings is 2. The summed E-state index contributed by atoms with van der Waals surface area (Å²) in [6.45, 7) is 6.04. The van der Waals surface area contributed by atoms with Crippen molar-refractivity contribution >= 4 is 33.2 Å². The molecule has 0 bridgehead atoms. The standard InChI is InChI=1S/C30H30N4.2HI/c1-23-21-27(31)25-15-9-11-17-29(25)33(23)19-13-7-5-3-4-6-8-14-20-34-24(2)22-28(32)26-16-10-12-18-30(26)34;;/h9-12,15-18,21-22,31-32H,7-8,13-14,19-20H2,1-2H3;2*1H. The van der Waals surface area contributed by atoms with Crippen LogP contribution < -0.4 is 68.6 Å². The number of nitrogen functional groups attached to an aromatic ring is 2. The van der Waals surface area contributed by atoms with E-state index in [2.05, 4.69) is 83.1 Å². The number of aromatic nitrogens is 2. The summed E-state index contributed by atoms with van der Waals surface area (Å²) in [5.41, 5.74) is 18.7. The molecule has 0 saturated heterocycles. The van der Waals surface area contributed by atoms with Crippen LogP contribution in [0.25, 0.3) is 21.8 Å². The third kappa shape index (κ3) is 7.02. The molecule has 36 heavy (non-hydrogen) atoms. The molecule has 0 atom stereocenters. The molecule has 0 spiro atoms. The Hall–Kier alpha value is -2.56. The highest BCUT2D eigenvalue weighted by molar-refractivity contribution is 5.88. The fourth-order valence-corrected chi connectivity index (χ4v) is 4.51. The summed E-state index contributed by atoms with van der Waals surface area (Å²) in [5.74, 6) is 12.4. The Morgan fingerprint density at radius 2 is 1.03 bits per heavy atom. The number of para-hydroxylation sites is 2. The van der Waals surface area contributed by atoms with Gasteiger partial charge in [0.1, 0.15) is 13.1 Å². The van der Waals surface area contributed by atoms with Gasteiger partial charge >= 0.3 is 0 Å². The van der Waals surface area contributed by atoms with Crippen molar-refractivity contribution in [2.45, 2.75) is 52.6 Å².